The highest BCUT2D eigenvalue weighted by Crippen LogP contribution is 2.45. The summed E-state index contributed by atoms with van der Waals surface area (Å²) >= 11 is 0. The van der Waals surface area contributed by atoms with E-state index in [4.69, 9.17) is 4.74 Å². The monoisotopic (exact) mass is 379 g/mol. The van der Waals surface area contributed by atoms with E-state index in [1.165, 1.54) is 20.0 Å². The van der Waals surface area contributed by atoms with Gasteiger partial charge < -0.3 is 15.4 Å². The highest BCUT2D eigenvalue weighted by atomic mass is 16.5. The molecule has 2 saturated heterocycles. The topological polar surface area (TPSA) is 94.7 Å². The van der Waals surface area contributed by atoms with Crippen molar-refractivity contribution >= 4 is 11.9 Å². The first-order chi connectivity index (χ1) is 13.2. The number of amides is 1. The number of rotatable bonds is 5. The van der Waals surface area contributed by atoms with Crippen LogP contribution in [-0.4, -0.2) is 61.9 Å². The quantitative estimate of drug-likeness (QED) is 0.496. The molecular weight excluding hydrogens is 346 g/mol. The predicted octanol–water partition coefficient (Wildman–Crippen LogP) is -0.0841. The number of hydrogen-bond acceptors (Lipinski definition) is 7. The van der Waals surface area contributed by atoms with Crippen molar-refractivity contribution in [3.8, 4) is 0 Å². The van der Waals surface area contributed by atoms with Gasteiger partial charge in [-0.05, 0) is 56.8 Å². The van der Waals surface area contributed by atoms with E-state index in [1.54, 1.807) is 0 Å². The minimum Gasteiger partial charge on any atom is -0.469 e. The van der Waals surface area contributed by atoms with Crippen molar-refractivity contribution in [1.29, 1.82) is 0 Å². The molecule has 2 aliphatic heterocycles. The molecule has 0 spiro atoms. The van der Waals surface area contributed by atoms with Crippen LogP contribution in [0.15, 0.2) is 0 Å². The molecule has 4 aliphatic rings. The maximum Gasteiger partial charge on any atom is 0.310 e. The highest BCUT2D eigenvalue weighted by Gasteiger charge is 2.43. The lowest BCUT2D eigenvalue weighted by Gasteiger charge is -2.38. The number of hydrogen-bond donors (Lipinski definition) is 4. The van der Waals surface area contributed by atoms with Gasteiger partial charge in [-0.3, -0.25) is 14.5 Å². The molecule has 152 valence electrons. The van der Waals surface area contributed by atoms with Crippen LogP contribution >= 0.6 is 0 Å². The van der Waals surface area contributed by atoms with Gasteiger partial charge in [0.1, 0.15) is 6.04 Å². The van der Waals surface area contributed by atoms with Gasteiger partial charge in [-0.15, -0.1) is 0 Å². The molecule has 8 nitrogen and oxygen atoms in total. The molecule has 0 aromatic carbocycles. The van der Waals surface area contributed by atoms with E-state index in [1.807, 2.05) is 0 Å². The smallest absolute Gasteiger partial charge is 0.310 e. The lowest BCUT2D eigenvalue weighted by Crippen LogP contribution is -2.62. The molecule has 4 N–H and O–H groups in total. The summed E-state index contributed by atoms with van der Waals surface area (Å²) in [5.41, 5.74) is 6.47. The van der Waals surface area contributed by atoms with Gasteiger partial charge >= 0.3 is 5.97 Å². The van der Waals surface area contributed by atoms with Crippen molar-refractivity contribution in [3.63, 3.8) is 0 Å². The van der Waals surface area contributed by atoms with Crippen LogP contribution in [0.1, 0.15) is 44.9 Å². The molecule has 2 heterocycles. The average Bonchev–Trinajstić information content (AvgIpc) is 3.41. The Bertz CT molecular complexity index is 541. The largest absolute Gasteiger partial charge is 0.469 e. The molecule has 0 bridgehead atoms. The van der Waals surface area contributed by atoms with Crippen molar-refractivity contribution in [1.82, 2.24) is 26.4 Å². The van der Waals surface area contributed by atoms with Crippen LogP contribution in [0.4, 0.5) is 0 Å². The molecule has 4 fully saturated rings. The zero-order valence-electron chi connectivity index (χ0n) is 16.2. The van der Waals surface area contributed by atoms with Crippen molar-refractivity contribution in [3.05, 3.63) is 0 Å². The Balaban J connectivity index is 1.29. The first-order valence-corrected chi connectivity index (χ1v) is 10.5. The van der Waals surface area contributed by atoms with Crippen LogP contribution in [0, 0.1) is 17.8 Å². The molecule has 27 heavy (non-hydrogen) atoms. The number of methoxy groups -OCH3 is 1. The van der Waals surface area contributed by atoms with Gasteiger partial charge in [0, 0.05) is 25.8 Å². The molecular formula is C19H33N5O3. The molecule has 8 heteroatoms. The number of ether oxygens (including phenoxy) is 1. The fraction of sp³-hybridized carbons (Fsp3) is 0.895. The number of nitrogens with zero attached hydrogens (tertiary/aromatic N) is 1. The molecule has 5 unspecified atom stereocenters. The lowest BCUT2D eigenvalue weighted by molar-refractivity contribution is -0.148. The fourth-order valence-electron chi connectivity index (χ4n) is 4.99. The summed E-state index contributed by atoms with van der Waals surface area (Å²) in [6, 6.07) is -0.362. The molecule has 0 aromatic heterocycles. The molecule has 1 amide bonds. The van der Waals surface area contributed by atoms with Gasteiger partial charge in [-0.1, -0.05) is 0 Å². The van der Waals surface area contributed by atoms with Gasteiger partial charge in [0.25, 0.3) is 0 Å². The third kappa shape index (κ3) is 4.45. The summed E-state index contributed by atoms with van der Waals surface area (Å²) in [4.78, 5) is 27.4. The molecule has 5 atom stereocenters. The van der Waals surface area contributed by atoms with E-state index in [2.05, 4.69) is 26.4 Å². The molecule has 0 radical (unpaired) electrons. The maximum absolute atomic E-state index is 12.8. The maximum atomic E-state index is 12.8. The molecule has 2 aliphatic carbocycles. The third-order valence-corrected chi connectivity index (χ3v) is 6.81. The Kier molecular flexibility index (Phi) is 5.96. The van der Waals surface area contributed by atoms with Crippen molar-refractivity contribution < 1.29 is 14.3 Å². The van der Waals surface area contributed by atoms with Crippen molar-refractivity contribution in [2.45, 2.75) is 63.2 Å². The van der Waals surface area contributed by atoms with E-state index in [0.29, 0.717) is 5.92 Å². The first kappa shape index (κ1) is 19.1. The zero-order chi connectivity index (χ0) is 18.8. The first-order valence-electron chi connectivity index (χ1n) is 10.5. The normalized spacial score (nSPS) is 37.7. The Hall–Kier alpha value is -1.22. The van der Waals surface area contributed by atoms with Crippen molar-refractivity contribution in [2.24, 2.45) is 17.8 Å². The fourth-order valence-corrected chi connectivity index (χ4v) is 4.99. The Morgan fingerprint density at radius 3 is 2.48 bits per heavy atom. The second-order valence-corrected chi connectivity index (χ2v) is 8.56. The molecule has 0 aromatic rings. The summed E-state index contributed by atoms with van der Waals surface area (Å²) in [6.07, 6.45) is 7.39. The number of hydrazine groups is 1. The third-order valence-electron chi connectivity index (χ3n) is 6.81. The standard InChI is InChI=1S/C19H33N5O3/c1-27-19(26)14-10-13(12-2-3-12)4-5-15(14)21-18(25)16-6-7-17(23-22-16)24-9-8-20-11-24/h12-17,20,22-23H,2-11H2,1H3,(H,21,25). The second-order valence-electron chi connectivity index (χ2n) is 8.56. The van der Waals surface area contributed by atoms with E-state index >= 15 is 0 Å². The van der Waals surface area contributed by atoms with Crippen LogP contribution in [0.3, 0.4) is 0 Å². The Morgan fingerprint density at radius 2 is 1.85 bits per heavy atom. The Morgan fingerprint density at radius 1 is 1.04 bits per heavy atom. The summed E-state index contributed by atoms with van der Waals surface area (Å²) in [6.45, 7) is 2.93. The number of nitrogens with one attached hydrogen (secondary N) is 4. The highest BCUT2D eigenvalue weighted by molar-refractivity contribution is 5.83. The Labute approximate surface area is 161 Å². The van der Waals surface area contributed by atoms with E-state index in [0.717, 1.165) is 57.8 Å². The van der Waals surface area contributed by atoms with Crippen LogP contribution in [0.25, 0.3) is 0 Å². The van der Waals surface area contributed by atoms with Crippen LogP contribution < -0.4 is 21.5 Å². The predicted molar refractivity (Wildman–Crippen MR) is 100 cm³/mol. The summed E-state index contributed by atoms with van der Waals surface area (Å²) in [5, 5.41) is 6.48. The lowest BCUT2D eigenvalue weighted by atomic mass is 9.75. The van der Waals surface area contributed by atoms with E-state index in [9.17, 15) is 9.59 Å². The van der Waals surface area contributed by atoms with Crippen LogP contribution in [0.2, 0.25) is 0 Å². The van der Waals surface area contributed by atoms with E-state index in [-0.39, 0.29) is 36.0 Å². The number of carbonyl (C=O) groups is 2. The van der Waals surface area contributed by atoms with Gasteiger partial charge in [0.05, 0.1) is 19.2 Å². The summed E-state index contributed by atoms with van der Waals surface area (Å²) < 4.78 is 5.04. The number of esters is 1. The average molecular weight is 380 g/mol. The van der Waals surface area contributed by atoms with Gasteiger partial charge in [-0.2, -0.15) is 0 Å². The number of carbonyl (C=O) groups excluding carboxylic acids is 2. The van der Waals surface area contributed by atoms with Crippen LogP contribution in [-0.2, 0) is 14.3 Å². The minimum absolute atomic E-state index is 0.00993. The van der Waals surface area contributed by atoms with Gasteiger partial charge in [0.15, 0.2) is 0 Å². The van der Waals surface area contributed by atoms with Crippen molar-refractivity contribution in [2.75, 3.05) is 26.9 Å². The van der Waals surface area contributed by atoms with Crippen LogP contribution in [0.5, 0.6) is 0 Å². The minimum atomic E-state index is -0.253. The second kappa shape index (κ2) is 8.43. The SMILES string of the molecule is COC(=O)C1CC(C2CC2)CCC1NC(=O)C1CCC(N2CCNC2)NN1. The molecule has 4 rings (SSSR count). The van der Waals surface area contributed by atoms with Gasteiger partial charge in [0.2, 0.25) is 5.91 Å². The summed E-state index contributed by atoms with van der Waals surface area (Å²) in [5.74, 6) is 1.01. The van der Waals surface area contributed by atoms with E-state index < -0.39 is 0 Å². The van der Waals surface area contributed by atoms with Gasteiger partial charge in [-0.25, -0.2) is 10.9 Å². The zero-order valence-corrected chi connectivity index (χ0v) is 16.2. The molecule has 2 saturated carbocycles. The summed E-state index contributed by atoms with van der Waals surface area (Å²) in [7, 11) is 1.45.